The lowest BCUT2D eigenvalue weighted by Gasteiger charge is -2.16. The first kappa shape index (κ1) is 40.7. The number of unbranched alkanes of at least 4 members (excludes halogenated alkanes) is 17. The summed E-state index contributed by atoms with van der Waals surface area (Å²) in [5.41, 5.74) is 1.20. The zero-order valence-corrected chi connectivity index (χ0v) is 29.7. The number of hydrogen-bond donors (Lipinski definition) is 0. The van der Waals surface area contributed by atoms with Crippen LogP contribution in [-0.4, -0.2) is 35.0 Å². The van der Waals surface area contributed by atoms with Crippen molar-refractivity contribution in [1.29, 1.82) is 0 Å². The summed E-state index contributed by atoms with van der Waals surface area (Å²) in [4.78, 5) is 0. The Morgan fingerprint density at radius 2 is 1.14 bits per heavy atom. The largest absolute Gasteiger partial charge is 0.497 e. The molecule has 1 aromatic carbocycles. The summed E-state index contributed by atoms with van der Waals surface area (Å²) in [7, 11) is -1.64. The van der Waals surface area contributed by atoms with Crippen LogP contribution in [0.1, 0.15) is 160 Å². The molecule has 0 aromatic heterocycles. The second-order valence-corrected chi connectivity index (χ2v) is 14.4. The van der Waals surface area contributed by atoms with E-state index in [0.717, 1.165) is 31.5 Å². The molecule has 0 fully saturated rings. The van der Waals surface area contributed by atoms with Gasteiger partial charge in [0.05, 0.1) is 26.6 Å². The van der Waals surface area contributed by atoms with E-state index in [0.29, 0.717) is 19.1 Å². The molecule has 0 aliphatic rings. The predicted molar refractivity (Wildman–Crippen MR) is 188 cm³/mol. The lowest BCUT2D eigenvalue weighted by molar-refractivity contribution is 0.116. The van der Waals surface area contributed by atoms with E-state index in [1.165, 1.54) is 140 Å². The zero-order chi connectivity index (χ0) is 32.0. The third kappa shape index (κ3) is 27.0. The van der Waals surface area contributed by atoms with Crippen LogP contribution in [0.25, 0.3) is 0 Å². The van der Waals surface area contributed by atoms with Crippen molar-refractivity contribution in [3.8, 4) is 5.75 Å². The zero-order valence-electron chi connectivity index (χ0n) is 28.9. The monoisotopic (exact) mass is 636 g/mol. The number of benzene rings is 1. The molecule has 1 atom stereocenters. The Morgan fingerprint density at radius 1 is 0.636 bits per heavy atom. The number of ether oxygens (including phenoxy) is 2. The van der Waals surface area contributed by atoms with Gasteiger partial charge >= 0.3 is 0 Å². The van der Waals surface area contributed by atoms with Crippen LogP contribution in [-0.2, 0) is 25.6 Å². The number of hydrogen-bond acceptors (Lipinski definition) is 5. The molecule has 1 aromatic rings. The van der Waals surface area contributed by atoms with Gasteiger partial charge in [-0.3, -0.25) is 4.18 Å². The van der Waals surface area contributed by atoms with Gasteiger partial charge in [-0.1, -0.05) is 140 Å². The van der Waals surface area contributed by atoms with E-state index in [4.69, 9.17) is 13.7 Å². The lowest BCUT2D eigenvalue weighted by Crippen LogP contribution is -2.10. The highest BCUT2D eigenvalue weighted by Crippen LogP contribution is 2.23. The SMILES string of the molecule is CCCCCCCCCC(CCCCCCCCCC=CCCCCCCOCc1ccc(OC)cc1)CCOS(C)(=O)=O. The summed E-state index contributed by atoms with van der Waals surface area (Å²) in [6.45, 7) is 4.12. The fraction of sp³-hybridized carbons (Fsp3) is 0.789. The molecule has 1 unspecified atom stereocenters. The summed E-state index contributed by atoms with van der Waals surface area (Å²) in [6.07, 6.45) is 35.1. The van der Waals surface area contributed by atoms with Crippen molar-refractivity contribution >= 4 is 10.1 Å². The minimum absolute atomic E-state index is 0.344. The normalized spacial score (nSPS) is 12.7. The molecule has 0 aliphatic carbocycles. The van der Waals surface area contributed by atoms with E-state index in [-0.39, 0.29) is 0 Å². The van der Waals surface area contributed by atoms with Crippen molar-refractivity contribution in [1.82, 2.24) is 0 Å². The minimum atomic E-state index is -3.33. The minimum Gasteiger partial charge on any atom is -0.497 e. The van der Waals surface area contributed by atoms with E-state index < -0.39 is 10.1 Å². The summed E-state index contributed by atoms with van der Waals surface area (Å²) >= 11 is 0. The molecule has 0 heterocycles. The molecule has 0 saturated heterocycles. The van der Waals surface area contributed by atoms with Crippen LogP contribution in [0.5, 0.6) is 5.75 Å². The smallest absolute Gasteiger partial charge is 0.264 e. The second kappa shape index (κ2) is 29.1. The average Bonchev–Trinajstić information content (AvgIpc) is 3.01. The summed E-state index contributed by atoms with van der Waals surface area (Å²) in [5.74, 6) is 1.49. The molecule has 0 radical (unpaired) electrons. The summed E-state index contributed by atoms with van der Waals surface area (Å²) in [6, 6.07) is 8.09. The fourth-order valence-electron chi connectivity index (χ4n) is 5.74. The van der Waals surface area contributed by atoms with Gasteiger partial charge < -0.3 is 9.47 Å². The second-order valence-electron chi connectivity index (χ2n) is 12.7. The van der Waals surface area contributed by atoms with Crippen LogP contribution in [0, 0.1) is 5.92 Å². The van der Waals surface area contributed by atoms with Gasteiger partial charge in [-0.25, -0.2) is 0 Å². The van der Waals surface area contributed by atoms with E-state index in [1.807, 2.05) is 12.1 Å². The van der Waals surface area contributed by atoms with Gasteiger partial charge in [0.1, 0.15) is 5.75 Å². The van der Waals surface area contributed by atoms with Gasteiger partial charge in [-0.2, -0.15) is 8.42 Å². The van der Waals surface area contributed by atoms with Crippen molar-refractivity contribution in [2.24, 2.45) is 5.92 Å². The van der Waals surface area contributed by atoms with E-state index in [2.05, 4.69) is 31.2 Å². The molecule has 0 aliphatic heterocycles. The molecule has 0 saturated carbocycles. The first-order valence-corrected chi connectivity index (χ1v) is 20.0. The van der Waals surface area contributed by atoms with Crippen molar-refractivity contribution < 1.29 is 22.1 Å². The molecule has 5 nitrogen and oxygen atoms in total. The standard InChI is InChI=1S/C38H68O5S/c1-4-5-6-7-17-20-23-26-36(32-34-43-44(3,39)40)27-24-21-18-15-13-11-9-8-10-12-14-16-19-22-25-33-42-35-37-28-30-38(41-2)31-29-37/h10,12,28-31,36H,4-9,11,13-27,32-35H2,1-3H3. The molecule has 0 spiro atoms. The van der Waals surface area contributed by atoms with Gasteiger partial charge in [-0.15, -0.1) is 0 Å². The highest BCUT2D eigenvalue weighted by atomic mass is 32.2. The first-order valence-electron chi connectivity index (χ1n) is 18.1. The molecule has 256 valence electrons. The molecular weight excluding hydrogens is 568 g/mol. The number of allylic oxidation sites excluding steroid dienone is 2. The van der Waals surface area contributed by atoms with Crippen molar-refractivity contribution in [3.05, 3.63) is 42.0 Å². The first-order chi connectivity index (χ1) is 21.4. The van der Waals surface area contributed by atoms with Crippen molar-refractivity contribution in [2.45, 2.75) is 161 Å². The quantitative estimate of drug-likeness (QED) is 0.0447. The number of methoxy groups -OCH3 is 1. The lowest BCUT2D eigenvalue weighted by atomic mass is 9.91. The highest BCUT2D eigenvalue weighted by molar-refractivity contribution is 7.85. The van der Waals surface area contributed by atoms with Crippen LogP contribution in [0.15, 0.2) is 36.4 Å². The Morgan fingerprint density at radius 3 is 1.66 bits per heavy atom. The Labute approximate surface area is 273 Å². The Hall–Kier alpha value is -1.37. The molecule has 1 rings (SSSR count). The molecular formula is C38H68O5S. The van der Waals surface area contributed by atoms with Gasteiger partial charge in [-0.05, 0) is 62.1 Å². The van der Waals surface area contributed by atoms with E-state index in [9.17, 15) is 8.42 Å². The van der Waals surface area contributed by atoms with E-state index >= 15 is 0 Å². The fourth-order valence-corrected chi connectivity index (χ4v) is 6.13. The third-order valence-electron chi connectivity index (χ3n) is 8.53. The average molecular weight is 637 g/mol. The van der Waals surface area contributed by atoms with E-state index in [1.54, 1.807) is 7.11 Å². The Balaban J connectivity index is 1.93. The van der Waals surface area contributed by atoms with Crippen LogP contribution >= 0.6 is 0 Å². The maximum Gasteiger partial charge on any atom is 0.264 e. The van der Waals surface area contributed by atoms with Crippen LogP contribution in [0.3, 0.4) is 0 Å². The molecule has 0 bridgehead atoms. The summed E-state index contributed by atoms with van der Waals surface area (Å²) < 4.78 is 38.7. The Bertz CT molecular complexity index is 881. The topological polar surface area (TPSA) is 61.8 Å². The predicted octanol–water partition coefficient (Wildman–Crippen LogP) is 11.4. The Kier molecular flexibility index (Phi) is 26.8. The molecule has 0 amide bonds. The van der Waals surface area contributed by atoms with Crippen LogP contribution in [0.4, 0.5) is 0 Å². The molecule has 44 heavy (non-hydrogen) atoms. The van der Waals surface area contributed by atoms with Crippen molar-refractivity contribution in [3.63, 3.8) is 0 Å². The van der Waals surface area contributed by atoms with Gasteiger partial charge in [0, 0.05) is 6.61 Å². The van der Waals surface area contributed by atoms with Crippen LogP contribution in [0.2, 0.25) is 0 Å². The summed E-state index contributed by atoms with van der Waals surface area (Å²) in [5, 5.41) is 0. The van der Waals surface area contributed by atoms with Gasteiger partial charge in [0.15, 0.2) is 0 Å². The molecule has 6 heteroatoms. The maximum absolute atomic E-state index is 11.3. The third-order valence-corrected chi connectivity index (χ3v) is 9.12. The number of rotatable bonds is 32. The van der Waals surface area contributed by atoms with Gasteiger partial charge in [0.25, 0.3) is 10.1 Å². The maximum atomic E-state index is 11.3. The van der Waals surface area contributed by atoms with Gasteiger partial charge in [0.2, 0.25) is 0 Å². The van der Waals surface area contributed by atoms with Crippen molar-refractivity contribution in [2.75, 3.05) is 26.6 Å². The molecule has 0 N–H and O–H groups in total. The van der Waals surface area contributed by atoms with Crippen LogP contribution < -0.4 is 4.74 Å². The highest BCUT2D eigenvalue weighted by Gasteiger charge is 2.11.